The normalized spacial score (nSPS) is 11.9. The van der Waals surface area contributed by atoms with Gasteiger partial charge in [0.2, 0.25) is 0 Å². The number of anilines is 1. The van der Waals surface area contributed by atoms with Crippen molar-refractivity contribution in [2.24, 2.45) is 0 Å². The van der Waals surface area contributed by atoms with Gasteiger partial charge >= 0.3 is 6.18 Å². The van der Waals surface area contributed by atoms with Gasteiger partial charge < -0.3 is 5.73 Å². The zero-order valence-electron chi connectivity index (χ0n) is 7.26. The Morgan fingerprint density at radius 3 is 2.53 bits per heavy atom. The fraction of sp³-hybridized carbons (Fsp3) is 0.143. The van der Waals surface area contributed by atoms with Gasteiger partial charge in [0.25, 0.3) is 0 Å². The molecular weight excluding hydrogens is 211 g/mol. The first-order valence-corrected chi connectivity index (χ1v) is 3.90. The maximum Gasteiger partial charge on any atom is 0.433 e. The van der Waals surface area contributed by atoms with Gasteiger partial charge in [0, 0.05) is 11.6 Å². The van der Waals surface area contributed by atoms with Gasteiger partial charge in [-0.25, -0.2) is 0 Å². The number of aromatic nitrogens is 4. The van der Waals surface area contributed by atoms with E-state index in [1.807, 2.05) is 5.10 Å². The number of hydrogen-bond donors (Lipinski definition) is 3. The number of nitrogens with one attached hydrogen (secondary N) is 2. The fourth-order valence-corrected chi connectivity index (χ4v) is 1.18. The van der Waals surface area contributed by atoms with E-state index in [1.54, 1.807) is 0 Å². The van der Waals surface area contributed by atoms with Crippen molar-refractivity contribution in [2.75, 3.05) is 5.73 Å². The maximum absolute atomic E-state index is 12.4. The highest BCUT2D eigenvalue weighted by Crippen LogP contribution is 2.34. The van der Waals surface area contributed by atoms with Gasteiger partial charge in [-0.2, -0.15) is 23.4 Å². The van der Waals surface area contributed by atoms with Crippen LogP contribution in [0.3, 0.4) is 0 Å². The number of rotatable bonds is 1. The third kappa shape index (κ3) is 1.65. The van der Waals surface area contributed by atoms with Crippen LogP contribution in [0.1, 0.15) is 5.69 Å². The molecule has 0 saturated carbocycles. The zero-order valence-corrected chi connectivity index (χ0v) is 7.26. The Bertz CT molecular complexity index is 469. The number of hydrogen-bond acceptors (Lipinski definition) is 3. The molecule has 0 spiro atoms. The highest BCUT2D eigenvalue weighted by atomic mass is 19.4. The molecule has 0 amide bonds. The van der Waals surface area contributed by atoms with E-state index in [0.717, 1.165) is 6.20 Å². The standard InChI is InChI=1S/C7H6F3N5/c8-7(9,10)6-3(2-12-15-6)4-1-5(11)14-13-4/h1-2H,(H,12,15)(H3,11,13,14). The van der Waals surface area contributed by atoms with Crippen molar-refractivity contribution in [1.29, 1.82) is 0 Å². The summed E-state index contributed by atoms with van der Waals surface area (Å²) in [6.07, 6.45) is -3.42. The summed E-state index contributed by atoms with van der Waals surface area (Å²) in [5.41, 5.74) is 4.43. The van der Waals surface area contributed by atoms with E-state index >= 15 is 0 Å². The Kier molecular flexibility index (Phi) is 1.92. The Morgan fingerprint density at radius 1 is 1.27 bits per heavy atom. The second-order valence-electron chi connectivity index (χ2n) is 2.86. The molecule has 0 aliphatic heterocycles. The molecule has 0 bridgehead atoms. The first-order valence-electron chi connectivity index (χ1n) is 3.90. The lowest BCUT2D eigenvalue weighted by Gasteiger charge is -2.04. The van der Waals surface area contributed by atoms with Crippen molar-refractivity contribution < 1.29 is 13.2 Å². The SMILES string of the molecule is Nc1cc(-c2cn[nH]c2C(F)(F)F)[nH]n1. The zero-order chi connectivity index (χ0) is 11.1. The number of aromatic amines is 2. The van der Waals surface area contributed by atoms with Gasteiger partial charge in [-0.05, 0) is 0 Å². The van der Waals surface area contributed by atoms with Gasteiger partial charge in [-0.15, -0.1) is 0 Å². The predicted molar refractivity (Wildman–Crippen MR) is 45.6 cm³/mol. The Hall–Kier alpha value is -1.99. The summed E-state index contributed by atoms with van der Waals surface area (Å²) in [6.45, 7) is 0. The molecule has 4 N–H and O–H groups in total. The van der Waals surface area contributed by atoms with Crippen LogP contribution < -0.4 is 5.73 Å². The summed E-state index contributed by atoms with van der Waals surface area (Å²) in [7, 11) is 0. The van der Waals surface area contributed by atoms with Gasteiger partial charge in [0.05, 0.1) is 11.9 Å². The second kappa shape index (κ2) is 3.01. The smallest absolute Gasteiger partial charge is 0.382 e. The van der Waals surface area contributed by atoms with Crippen LogP contribution in [-0.2, 0) is 6.18 Å². The molecule has 0 fully saturated rings. The van der Waals surface area contributed by atoms with Crippen molar-refractivity contribution in [1.82, 2.24) is 20.4 Å². The third-order valence-corrected chi connectivity index (χ3v) is 1.81. The summed E-state index contributed by atoms with van der Waals surface area (Å²) in [5.74, 6) is 0.124. The van der Waals surface area contributed by atoms with E-state index in [1.165, 1.54) is 6.07 Å². The number of nitrogen functional groups attached to an aromatic ring is 1. The van der Waals surface area contributed by atoms with E-state index in [0.29, 0.717) is 0 Å². The molecule has 8 heteroatoms. The van der Waals surface area contributed by atoms with E-state index in [2.05, 4.69) is 15.3 Å². The third-order valence-electron chi connectivity index (χ3n) is 1.81. The number of alkyl halides is 3. The molecular formula is C7H6F3N5. The van der Waals surface area contributed by atoms with Crippen LogP contribution in [0.4, 0.5) is 19.0 Å². The summed E-state index contributed by atoms with van der Waals surface area (Å²) in [4.78, 5) is 0. The number of nitrogens with zero attached hydrogens (tertiary/aromatic N) is 2. The second-order valence-corrected chi connectivity index (χ2v) is 2.86. The Balaban J connectivity index is 2.50. The van der Waals surface area contributed by atoms with Crippen molar-refractivity contribution in [3.8, 4) is 11.3 Å². The van der Waals surface area contributed by atoms with Crippen molar-refractivity contribution in [2.45, 2.75) is 6.18 Å². The lowest BCUT2D eigenvalue weighted by atomic mass is 10.2. The predicted octanol–water partition coefficient (Wildman–Crippen LogP) is 1.40. The summed E-state index contributed by atoms with van der Waals surface area (Å²) in [6, 6.07) is 1.31. The largest absolute Gasteiger partial charge is 0.433 e. The highest BCUT2D eigenvalue weighted by Gasteiger charge is 2.36. The molecule has 2 heterocycles. The average Bonchev–Trinajstić information content (AvgIpc) is 2.68. The minimum absolute atomic E-state index is 0.105. The average molecular weight is 217 g/mol. The maximum atomic E-state index is 12.4. The van der Waals surface area contributed by atoms with Crippen LogP contribution in [0, 0.1) is 0 Å². The molecule has 0 atom stereocenters. The Labute approximate surface area is 81.5 Å². The van der Waals surface area contributed by atoms with E-state index < -0.39 is 11.9 Å². The summed E-state index contributed by atoms with van der Waals surface area (Å²) >= 11 is 0. The topological polar surface area (TPSA) is 83.4 Å². The van der Waals surface area contributed by atoms with E-state index in [9.17, 15) is 13.2 Å². The molecule has 2 rings (SSSR count). The van der Waals surface area contributed by atoms with Crippen LogP contribution in [0.5, 0.6) is 0 Å². The number of nitrogens with two attached hydrogens (primary N) is 1. The minimum Gasteiger partial charge on any atom is -0.382 e. The van der Waals surface area contributed by atoms with Gasteiger partial charge in [-0.3, -0.25) is 10.2 Å². The fourth-order valence-electron chi connectivity index (χ4n) is 1.18. The molecule has 0 radical (unpaired) electrons. The molecule has 0 saturated heterocycles. The lowest BCUT2D eigenvalue weighted by molar-refractivity contribution is -0.140. The molecule has 2 aromatic heterocycles. The van der Waals surface area contributed by atoms with Crippen molar-refractivity contribution in [3.63, 3.8) is 0 Å². The molecule has 15 heavy (non-hydrogen) atoms. The number of H-pyrrole nitrogens is 2. The quantitative estimate of drug-likeness (QED) is 0.675. The molecule has 0 aliphatic carbocycles. The van der Waals surface area contributed by atoms with Gasteiger partial charge in [0.1, 0.15) is 11.5 Å². The monoisotopic (exact) mass is 217 g/mol. The van der Waals surface area contributed by atoms with Crippen LogP contribution in [0.2, 0.25) is 0 Å². The highest BCUT2D eigenvalue weighted by molar-refractivity contribution is 5.64. The van der Waals surface area contributed by atoms with Crippen LogP contribution in [0.25, 0.3) is 11.3 Å². The van der Waals surface area contributed by atoms with Crippen molar-refractivity contribution in [3.05, 3.63) is 18.0 Å². The lowest BCUT2D eigenvalue weighted by Crippen LogP contribution is -2.07. The molecule has 0 unspecified atom stereocenters. The summed E-state index contributed by atoms with van der Waals surface area (Å²) < 4.78 is 37.3. The molecule has 2 aromatic rings. The number of halogens is 3. The van der Waals surface area contributed by atoms with Crippen LogP contribution in [-0.4, -0.2) is 20.4 Å². The Morgan fingerprint density at radius 2 is 2.00 bits per heavy atom. The van der Waals surface area contributed by atoms with Crippen LogP contribution in [0.15, 0.2) is 12.3 Å². The molecule has 0 aliphatic rings. The van der Waals surface area contributed by atoms with E-state index in [4.69, 9.17) is 5.73 Å². The molecule has 80 valence electrons. The first-order chi connectivity index (χ1) is 6.98. The van der Waals surface area contributed by atoms with Gasteiger partial charge in [-0.1, -0.05) is 0 Å². The minimum atomic E-state index is -4.48. The molecule has 0 aromatic carbocycles. The molecule has 5 nitrogen and oxygen atoms in total. The van der Waals surface area contributed by atoms with Crippen LogP contribution >= 0.6 is 0 Å². The first kappa shape index (κ1) is 9.56. The summed E-state index contributed by atoms with van der Waals surface area (Å²) in [5, 5.41) is 11.2. The van der Waals surface area contributed by atoms with Crippen molar-refractivity contribution >= 4 is 5.82 Å². The van der Waals surface area contributed by atoms with E-state index in [-0.39, 0.29) is 17.1 Å². The van der Waals surface area contributed by atoms with Gasteiger partial charge in [0.15, 0.2) is 0 Å².